The molecule has 0 amide bonds. The number of hydrogen-bond donors (Lipinski definition) is 2. The molecule has 2 aromatic rings. The molecule has 0 atom stereocenters. The molecule has 0 fully saturated rings. The van der Waals surface area contributed by atoms with Crippen molar-refractivity contribution in [3.63, 3.8) is 0 Å². The fraction of sp³-hybridized carbons (Fsp3) is 0.231. The lowest BCUT2D eigenvalue weighted by Crippen LogP contribution is -2.24. The molecule has 3 N–H and O–H groups in total. The van der Waals surface area contributed by atoms with E-state index < -0.39 is 20.7 Å². The SMILES string of the molecule is Cc1ccc(CNS(=O)(=O)c2cc(Cl)cc(CN)c2F)o1. The zero-order valence-corrected chi connectivity index (χ0v) is 12.8. The van der Waals surface area contributed by atoms with E-state index in [4.69, 9.17) is 21.8 Å². The molecule has 114 valence electrons. The van der Waals surface area contributed by atoms with Crippen LogP contribution >= 0.6 is 11.6 Å². The highest BCUT2D eigenvalue weighted by Gasteiger charge is 2.22. The third-order valence-electron chi connectivity index (χ3n) is 2.82. The second-order valence-corrected chi connectivity index (χ2v) is 6.59. The van der Waals surface area contributed by atoms with Crippen molar-refractivity contribution >= 4 is 21.6 Å². The maximum atomic E-state index is 14.1. The van der Waals surface area contributed by atoms with Crippen molar-refractivity contribution in [2.75, 3.05) is 0 Å². The van der Waals surface area contributed by atoms with Gasteiger partial charge >= 0.3 is 0 Å². The lowest BCUT2D eigenvalue weighted by molar-refractivity contribution is 0.474. The van der Waals surface area contributed by atoms with E-state index in [1.54, 1.807) is 19.1 Å². The number of nitrogens with two attached hydrogens (primary N) is 1. The zero-order valence-electron chi connectivity index (χ0n) is 11.2. The summed E-state index contributed by atoms with van der Waals surface area (Å²) in [4.78, 5) is -0.529. The first kappa shape index (κ1) is 16.0. The van der Waals surface area contributed by atoms with Crippen LogP contribution in [0.1, 0.15) is 17.1 Å². The zero-order chi connectivity index (χ0) is 15.6. The summed E-state index contributed by atoms with van der Waals surface area (Å²) in [6.07, 6.45) is 0. The quantitative estimate of drug-likeness (QED) is 0.880. The Morgan fingerprint density at radius 3 is 2.67 bits per heavy atom. The van der Waals surface area contributed by atoms with Crippen molar-refractivity contribution in [3.8, 4) is 0 Å². The van der Waals surface area contributed by atoms with Gasteiger partial charge in [-0.2, -0.15) is 0 Å². The standard InChI is InChI=1S/C13H14ClFN2O3S/c1-8-2-3-11(20-8)7-17-21(18,19)12-5-10(14)4-9(6-16)13(12)15/h2-5,17H,6-7,16H2,1H3. The Morgan fingerprint density at radius 1 is 1.38 bits per heavy atom. The minimum atomic E-state index is -4.06. The van der Waals surface area contributed by atoms with Gasteiger partial charge in [0, 0.05) is 17.1 Å². The van der Waals surface area contributed by atoms with Crippen molar-refractivity contribution in [1.82, 2.24) is 4.72 Å². The van der Waals surface area contributed by atoms with Gasteiger partial charge in [-0.3, -0.25) is 0 Å². The molecule has 2 rings (SSSR count). The first-order chi connectivity index (χ1) is 9.83. The molecule has 0 saturated heterocycles. The average molecular weight is 333 g/mol. The highest BCUT2D eigenvalue weighted by atomic mass is 35.5. The summed E-state index contributed by atoms with van der Waals surface area (Å²) in [5.41, 5.74) is 5.41. The molecule has 0 aliphatic heterocycles. The van der Waals surface area contributed by atoms with Crippen LogP contribution in [0.2, 0.25) is 5.02 Å². The number of sulfonamides is 1. The van der Waals surface area contributed by atoms with Crippen molar-refractivity contribution in [2.45, 2.75) is 24.9 Å². The summed E-state index contributed by atoms with van der Waals surface area (Å²) >= 11 is 5.79. The van der Waals surface area contributed by atoms with Crippen LogP contribution in [0, 0.1) is 12.7 Å². The molecule has 0 radical (unpaired) electrons. The number of furan rings is 1. The van der Waals surface area contributed by atoms with Gasteiger partial charge in [0.25, 0.3) is 0 Å². The summed E-state index contributed by atoms with van der Waals surface area (Å²) in [6.45, 7) is 1.51. The van der Waals surface area contributed by atoms with Crippen molar-refractivity contribution in [3.05, 3.63) is 52.2 Å². The molecule has 8 heteroatoms. The second kappa shape index (κ2) is 6.15. The minimum absolute atomic E-state index is 0.0386. The molecular weight excluding hydrogens is 319 g/mol. The van der Waals surface area contributed by atoms with Crippen LogP contribution in [0.15, 0.2) is 33.6 Å². The molecule has 0 saturated carbocycles. The number of nitrogens with one attached hydrogen (secondary N) is 1. The van der Waals surface area contributed by atoms with Gasteiger partial charge in [-0.1, -0.05) is 11.6 Å². The van der Waals surface area contributed by atoms with Crippen molar-refractivity contribution in [1.29, 1.82) is 0 Å². The molecule has 0 aliphatic carbocycles. The smallest absolute Gasteiger partial charge is 0.243 e. The molecular formula is C13H14ClFN2O3S. The van der Waals surface area contributed by atoms with Crippen LogP contribution in [0.5, 0.6) is 0 Å². The molecule has 0 aliphatic rings. The molecule has 5 nitrogen and oxygen atoms in total. The van der Waals surface area contributed by atoms with E-state index in [-0.39, 0.29) is 23.7 Å². The summed E-state index contributed by atoms with van der Waals surface area (Å²) < 4.78 is 45.9. The molecule has 0 bridgehead atoms. The summed E-state index contributed by atoms with van der Waals surface area (Å²) in [5, 5.41) is 0.103. The van der Waals surface area contributed by atoms with Gasteiger partial charge in [-0.15, -0.1) is 0 Å². The predicted octanol–water partition coefficient (Wildman–Crippen LogP) is 2.32. The largest absolute Gasteiger partial charge is 0.465 e. The molecule has 1 aromatic carbocycles. The van der Waals surface area contributed by atoms with Gasteiger partial charge in [0.05, 0.1) is 6.54 Å². The Hall–Kier alpha value is -1.41. The first-order valence-electron chi connectivity index (χ1n) is 6.06. The minimum Gasteiger partial charge on any atom is -0.465 e. The van der Waals surface area contributed by atoms with Gasteiger partial charge in [-0.05, 0) is 31.2 Å². The van der Waals surface area contributed by atoms with E-state index in [1.807, 2.05) is 0 Å². The van der Waals surface area contributed by atoms with Crippen LogP contribution in [0.4, 0.5) is 4.39 Å². The predicted molar refractivity (Wildman–Crippen MR) is 76.8 cm³/mol. The fourth-order valence-corrected chi connectivity index (χ4v) is 3.23. The van der Waals surface area contributed by atoms with Crippen LogP contribution in [0.3, 0.4) is 0 Å². The average Bonchev–Trinajstić information content (AvgIpc) is 2.84. The highest BCUT2D eigenvalue weighted by molar-refractivity contribution is 7.89. The van der Waals surface area contributed by atoms with Crippen molar-refractivity contribution in [2.24, 2.45) is 5.73 Å². The first-order valence-corrected chi connectivity index (χ1v) is 7.92. The monoisotopic (exact) mass is 332 g/mol. The second-order valence-electron chi connectivity index (χ2n) is 4.42. The van der Waals surface area contributed by atoms with Crippen molar-refractivity contribution < 1.29 is 17.2 Å². The van der Waals surface area contributed by atoms with Gasteiger partial charge in [0.2, 0.25) is 10.0 Å². The van der Waals surface area contributed by atoms with Crippen LogP contribution in [0.25, 0.3) is 0 Å². The maximum Gasteiger partial charge on any atom is 0.243 e. The number of rotatable bonds is 5. The van der Waals surface area contributed by atoms with Gasteiger partial charge < -0.3 is 10.2 Å². The molecule has 1 heterocycles. The van der Waals surface area contributed by atoms with Crippen LogP contribution < -0.4 is 10.5 Å². The topological polar surface area (TPSA) is 85.3 Å². The molecule has 0 spiro atoms. The molecule has 21 heavy (non-hydrogen) atoms. The van der Waals surface area contributed by atoms with E-state index in [9.17, 15) is 12.8 Å². The van der Waals surface area contributed by atoms with E-state index >= 15 is 0 Å². The Labute approximate surface area is 126 Å². The van der Waals surface area contributed by atoms with Crippen LogP contribution in [-0.4, -0.2) is 8.42 Å². The Balaban J connectivity index is 2.29. The summed E-state index contributed by atoms with van der Waals surface area (Å²) in [7, 11) is -4.06. The number of halogens is 2. The van der Waals surface area contributed by atoms with Gasteiger partial charge in [-0.25, -0.2) is 17.5 Å². The van der Waals surface area contributed by atoms with E-state index in [0.29, 0.717) is 11.5 Å². The lowest BCUT2D eigenvalue weighted by atomic mass is 10.2. The maximum absolute atomic E-state index is 14.1. The summed E-state index contributed by atoms with van der Waals surface area (Å²) in [6, 6.07) is 5.69. The number of aryl methyl sites for hydroxylation is 1. The molecule has 0 unspecified atom stereocenters. The Bertz CT molecular complexity index is 759. The number of hydrogen-bond acceptors (Lipinski definition) is 4. The fourth-order valence-electron chi connectivity index (χ4n) is 1.79. The Kier molecular flexibility index (Phi) is 4.67. The van der Waals surface area contributed by atoms with Gasteiger partial charge in [0.15, 0.2) is 0 Å². The van der Waals surface area contributed by atoms with E-state index in [0.717, 1.165) is 6.07 Å². The molecule has 1 aromatic heterocycles. The Morgan fingerprint density at radius 2 is 2.10 bits per heavy atom. The van der Waals surface area contributed by atoms with E-state index in [2.05, 4.69) is 4.72 Å². The summed E-state index contributed by atoms with van der Waals surface area (Å²) in [5.74, 6) is 0.186. The highest BCUT2D eigenvalue weighted by Crippen LogP contribution is 2.23. The lowest BCUT2D eigenvalue weighted by Gasteiger charge is -2.10. The third kappa shape index (κ3) is 3.62. The van der Waals surface area contributed by atoms with E-state index in [1.165, 1.54) is 6.07 Å². The normalized spacial score (nSPS) is 11.8. The van der Waals surface area contributed by atoms with Gasteiger partial charge in [0.1, 0.15) is 22.2 Å². The third-order valence-corrected chi connectivity index (χ3v) is 4.44. The number of benzene rings is 1. The van der Waals surface area contributed by atoms with Crippen LogP contribution in [-0.2, 0) is 23.1 Å².